The van der Waals surface area contributed by atoms with Gasteiger partial charge in [-0.25, -0.2) is 8.42 Å². The van der Waals surface area contributed by atoms with Crippen molar-refractivity contribution in [2.45, 2.75) is 17.7 Å². The van der Waals surface area contributed by atoms with Gasteiger partial charge in [0, 0.05) is 23.8 Å². The number of piperidine rings is 1. The molecule has 1 amide bonds. The molecule has 0 aliphatic carbocycles. The Hall–Kier alpha value is -1.51. The first-order chi connectivity index (χ1) is 13.7. The van der Waals surface area contributed by atoms with Gasteiger partial charge in [0.1, 0.15) is 10.6 Å². The Morgan fingerprint density at radius 2 is 1.90 bits per heavy atom. The minimum Gasteiger partial charge on any atom is -0.495 e. The minimum atomic E-state index is -3.87. The largest absolute Gasteiger partial charge is 0.495 e. The van der Waals surface area contributed by atoms with Gasteiger partial charge in [0.05, 0.1) is 23.1 Å². The smallest absolute Gasteiger partial charge is 0.244 e. The highest BCUT2D eigenvalue weighted by molar-refractivity contribution is 7.89. The summed E-state index contributed by atoms with van der Waals surface area (Å²) in [6.45, 7) is 0.365. The van der Waals surface area contributed by atoms with Crippen molar-refractivity contribution in [3.63, 3.8) is 0 Å². The average Bonchev–Trinajstić information content (AvgIpc) is 2.70. The number of hydrogen-bond donors (Lipinski definition) is 1. The third-order valence-electron chi connectivity index (χ3n) is 4.69. The summed E-state index contributed by atoms with van der Waals surface area (Å²) in [6.07, 6.45) is 1.13. The molecule has 1 saturated heterocycles. The molecule has 0 spiro atoms. The number of anilines is 1. The normalized spacial score (nSPS) is 17.7. The molecule has 0 radical (unpaired) electrons. The first kappa shape index (κ1) is 22.2. The van der Waals surface area contributed by atoms with Crippen molar-refractivity contribution in [3.8, 4) is 5.75 Å². The molecule has 1 fully saturated rings. The molecule has 0 aromatic heterocycles. The zero-order valence-electron chi connectivity index (χ0n) is 15.5. The number of carbonyl (C=O) groups excluding carboxylic acids is 1. The summed E-state index contributed by atoms with van der Waals surface area (Å²) < 4.78 is 32.4. The molecule has 10 heteroatoms. The van der Waals surface area contributed by atoms with Crippen LogP contribution >= 0.6 is 34.8 Å². The van der Waals surface area contributed by atoms with Crippen molar-refractivity contribution >= 4 is 56.4 Å². The molecule has 0 bridgehead atoms. The van der Waals surface area contributed by atoms with Crippen molar-refractivity contribution in [2.24, 2.45) is 5.92 Å². The van der Waals surface area contributed by atoms with Gasteiger partial charge < -0.3 is 10.1 Å². The molecule has 1 aliphatic rings. The van der Waals surface area contributed by atoms with E-state index in [9.17, 15) is 13.2 Å². The minimum absolute atomic E-state index is 0.0564. The Morgan fingerprint density at radius 1 is 1.14 bits per heavy atom. The third-order valence-corrected chi connectivity index (χ3v) is 7.56. The number of amides is 1. The first-order valence-electron chi connectivity index (χ1n) is 8.82. The van der Waals surface area contributed by atoms with Crippen molar-refractivity contribution in [2.75, 3.05) is 25.5 Å². The van der Waals surface area contributed by atoms with Gasteiger partial charge in [0.25, 0.3) is 0 Å². The van der Waals surface area contributed by atoms with E-state index in [1.807, 2.05) is 0 Å². The highest BCUT2D eigenvalue weighted by Crippen LogP contribution is 2.31. The summed E-state index contributed by atoms with van der Waals surface area (Å²) in [5.41, 5.74) is 0.513. The number of halogens is 3. The van der Waals surface area contributed by atoms with E-state index in [-0.39, 0.29) is 27.4 Å². The van der Waals surface area contributed by atoms with Crippen molar-refractivity contribution in [1.29, 1.82) is 0 Å². The van der Waals surface area contributed by atoms with Crippen LogP contribution in [0.2, 0.25) is 15.1 Å². The lowest BCUT2D eigenvalue weighted by Gasteiger charge is -2.31. The average molecular weight is 478 g/mol. The van der Waals surface area contributed by atoms with E-state index in [0.29, 0.717) is 35.8 Å². The molecule has 1 atom stereocenters. The molecular formula is C19H19Cl3N2O4S. The summed E-state index contributed by atoms with van der Waals surface area (Å²) in [5.74, 6) is -0.279. The molecule has 3 rings (SSSR count). The van der Waals surface area contributed by atoms with E-state index in [2.05, 4.69) is 5.32 Å². The molecule has 0 saturated carbocycles. The summed E-state index contributed by atoms with van der Waals surface area (Å²) in [5, 5.41) is 3.52. The number of nitrogens with one attached hydrogen (secondary N) is 1. The van der Waals surface area contributed by atoms with E-state index in [1.54, 1.807) is 18.2 Å². The first-order valence-corrected chi connectivity index (χ1v) is 11.4. The predicted molar refractivity (Wildman–Crippen MR) is 115 cm³/mol. The Morgan fingerprint density at radius 3 is 2.59 bits per heavy atom. The predicted octanol–water partition coefficient (Wildman–Crippen LogP) is 4.69. The highest BCUT2D eigenvalue weighted by atomic mass is 35.5. The van der Waals surface area contributed by atoms with E-state index in [1.165, 1.54) is 29.6 Å². The molecular weight excluding hydrogens is 459 g/mol. The number of benzene rings is 2. The maximum absolute atomic E-state index is 13.0. The maximum Gasteiger partial charge on any atom is 0.244 e. The van der Waals surface area contributed by atoms with E-state index in [4.69, 9.17) is 39.5 Å². The molecule has 1 N–H and O–H groups in total. The molecule has 2 aromatic carbocycles. The Labute approximate surface area is 184 Å². The number of hydrogen-bond acceptors (Lipinski definition) is 4. The number of methoxy groups -OCH3 is 1. The van der Waals surface area contributed by atoms with Crippen LogP contribution in [0, 0.1) is 5.92 Å². The number of carbonyl (C=O) groups is 1. The fourth-order valence-corrected chi connectivity index (χ4v) is 5.70. The van der Waals surface area contributed by atoms with Crippen molar-refractivity contribution < 1.29 is 17.9 Å². The topological polar surface area (TPSA) is 75.7 Å². The van der Waals surface area contributed by atoms with E-state index in [0.717, 1.165) is 0 Å². The van der Waals surface area contributed by atoms with Crippen LogP contribution in [-0.2, 0) is 14.8 Å². The Bertz CT molecular complexity index is 1030. The van der Waals surface area contributed by atoms with Crippen LogP contribution in [0.1, 0.15) is 12.8 Å². The molecule has 1 aliphatic heterocycles. The van der Waals surface area contributed by atoms with Gasteiger partial charge in [-0.2, -0.15) is 4.31 Å². The van der Waals surface area contributed by atoms with E-state index < -0.39 is 15.9 Å². The zero-order valence-corrected chi connectivity index (χ0v) is 18.6. The van der Waals surface area contributed by atoms with Gasteiger partial charge in [-0.1, -0.05) is 34.8 Å². The lowest BCUT2D eigenvalue weighted by molar-refractivity contribution is -0.120. The number of sulfonamides is 1. The van der Waals surface area contributed by atoms with Crippen LogP contribution in [0.3, 0.4) is 0 Å². The molecule has 1 unspecified atom stereocenters. The van der Waals surface area contributed by atoms with Crippen molar-refractivity contribution in [3.05, 3.63) is 51.5 Å². The van der Waals surface area contributed by atoms with Crippen molar-refractivity contribution in [1.82, 2.24) is 4.31 Å². The van der Waals surface area contributed by atoms with Crippen LogP contribution < -0.4 is 10.1 Å². The maximum atomic E-state index is 13.0. The lowest BCUT2D eigenvalue weighted by Crippen LogP contribution is -2.43. The Kier molecular flexibility index (Phi) is 6.96. The highest BCUT2D eigenvalue weighted by Gasteiger charge is 2.34. The lowest BCUT2D eigenvalue weighted by atomic mass is 9.98. The molecule has 156 valence electrons. The molecule has 29 heavy (non-hydrogen) atoms. The van der Waals surface area contributed by atoms with Gasteiger partial charge in [-0.15, -0.1) is 0 Å². The van der Waals surface area contributed by atoms with Gasteiger partial charge in [0.15, 0.2) is 0 Å². The summed E-state index contributed by atoms with van der Waals surface area (Å²) in [6, 6.07) is 9.19. The third kappa shape index (κ3) is 4.98. The fraction of sp³-hybridized carbons (Fsp3) is 0.316. The second-order valence-corrected chi connectivity index (χ2v) is 9.77. The van der Waals surface area contributed by atoms with Gasteiger partial charge >= 0.3 is 0 Å². The van der Waals surface area contributed by atoms with E-state index >= 15 is 0 Å². The summed E-state index contributed by atoms with van der Waals surface area (Å²) >= 11 is 18.1. The second-order valence-electron chi connectivity index (χ2n) is 6.62. The zero-order chi connectivity index (χ0) is 21.2. The van der Waals surface area contributed by atoms with Crippen LogP contribution in [0.5, 0.6) is 5.75 Å². The quantitative estimate of drug-likeness (QED) is 0.677. The number of ether oxygens (including phenoxy) is 1. The summed E-state index contributed by atoms with van der Waals surface area (Å²) in [4.78, 5) is 12.6. The van der Waals surface area contributed by atoms with Crippen LogP contribution in [-0.4, -0.2) is 38.8 Å². The van der Waals surface area contributed by atoms with Crippen LogP contribution in [0.25, 0.3) is 0 Å². The number of rotatable bonds is 5. The SMILES string of the molecule is COc1ccc(NC(=O)C2CCCN(S(=O)(=O)c3cc(Cl)ccc3Cl)C2)cc1Cl. The van der Waals surface area contributed by atoms with Crippen LogP contribution in [0.4, 0.5) is 5.69 Å². The standard InChI is InChI=1S/C19H19Cl3N2O4S/c1-28-17-7-5-14(10-16(17)22)23-19(25)12-3-2-8-24(11-12)29(26,27)18-9-13(20)4-6-15(18)21/h4-7,9-10,12H,2-3,8,11H2,1H3,(H,23,25). The van der Waals surface area contributed by atoms with Gasteiger partial charge in [-0.05, 0) is 49.2 Å². The molecule has 2 aromatic rings. The molecule has 1 heterocycles. The van der Waals surface area contributed by atoms with Gasteiger partial charge in [-0.3, -0.25) is 4.79 Å². The van der Waals surface area contributed by atoms with Gasteiger partial charge in [0.2, 0.25) is 15.9 Å². The summed E-state index contributed by atoms with van der Waals surface area (Å²) in [7, 11) is -2.37. The number of nitrogens with zero attached hydrogens (tertiary/aromatic N) is 1. The molecule has 6 nitrogen and oxygen atoms in total. The monoisotopic (exact) mass is 476 g/mol. The fourth-order valence-electron chi connectivity index (χ4n) is 3.18. The second kappa shape index (κ2) is 9.10. The Balaban J connectivity index is 1.75. The van der Waals surface area contributed by atoms with Crippen LogP contribution in [0.15, 0.2) is 41.3 Å².